The first kappa shape index (κ1) is 19.5. The van der Waals surface area contributed by atoms with E-state index >= 15 is 0 Å². The molecule has 0 saturated heterocycles. The van der Waals surface area contributed by atoms with Crippen molar-refractivity contribution in [3.05, 3.63) is 90.2 Å². The van der Waals surface area contributed by atoms with Crippen molar-refractivity contribution in [2.75, 3.05) is 11.1 Å². The van der Waals surface area contributed by atoms with Crippen LogP contribution >= 0.6 is 12.2 Å². The molecule has 0 atom stereocenters. The molecule has 1 aromatic heterocycles. The molecule has 7 heteroatoms. The smallest absolute Gasteiger partial charge is 0.293 e. The third-order valence-electron chi connectivity index (χ3n) is 4.35. The first-order chi connectivity index (χ1) is 14.6. The van der Waals surface area contributed by atoms with Crippen molar-refractivity contribution < 1.29 is 13.9 Å². The van der Waals surface area contributed by atoms with Crippen molar-refractivity contribution >= 4 is 45.6 Å². The third kappa shape index (κ3) is 4.76. The molecule has 4 N–H and O–H groups in total. The molecule has 0 aliphatic rings. The van der Waals surface area contributed by atoms with E-state index < -0.39 is 5.91 Å². The van der Waals surface area contributed by atoms with E-state index in [1.165, 1.54) is 0 Å². The maximum absolute atomic E-state index is 12.4. The van der Waals surface area contributed by atoms with Gasteiger partial charge in [0.15, 0.2) is 10.9 Å². The number of carbonyl (C=O) groups excluding carboxylic acids is 1. The number of furan rings is 1. The Labute approximate surface area is 178 Å². The zero-order chi connectivity index (χ0) is 20.9. The summed E-state index contributed by atoms with van der Waals surface area (Å²) in [6, 6.07) is 24.0. The molecule has 0 spiro atoms. The summed E-state index contributed by atoms with van der Waals surface area (Å²) in [5.74, 6) is 0.454. The largest absolute Gasteiger partial charge is 0.489 e. The van der Waals surface area contributed by atoms with Gasteiger partial charge in [-0.2, -0.15) is 0 Å². The number of rotatable bonds is 5. The monoisotopic (exact) mass is 417 g/mol. The quantitative estimate of drug-likeness (QED) is 0.322. The lowest BCUT2D eigenvalue weighted by Crippen LogP contribution is -2.33. The first-order valence-electron chi connectivity index (χ1n) is 9.25. The molecule has 1 amide bonds. The SMILES string of the molecule is Nc1ccc2oc(C(=O)NC(=S)Nc3ccc(OCc4ccccc4)cc3)cc2c1. The molecule has 0 bridgehead atoms. The molecule has 0 aliphatic heterocycles. The minimum absolute atomic E-state index is 0.157. The van der Waals surface area contributed by atoms with Gasteiger partial charge in [-0.15, -0.1) is 0 Å². The fourth-order valence-corrected chi connectivity index (χ4v) is 3.09. The van der Waals surface area contributed by atoms with Gasteiger partial charge in [0.05, 0.1) is 0 Å². The molecular weight excluding hydrogens is 398 g/mol. The Morgan fingerprint density at radius 1 is 1.00 bits per heavy atom. The summed E-state index contributed by atoms with van der Waals surface area (Å²) < 4.78 is 11.3. The van der Waals surface area contributed by atoms with Gasteiger partial charge in [0, 0.05) is 16.8 Å². The maximum Gasteiger partial charge on any atom is 0.293 e. The lowest BCUT2D eigenvalue weighted by molar-refractivity contribution is 0.0953. The Kier molecular flexibility index (Phi) is 5.63. The Morgan fingerprint density at radius 3 is 2.53 bits per heavy atom. The maximum atomic E-state index is 12.4. The molecule has 4 rings (SSSR count). The van der Waals surface area contributed by atoms with Crippen LogP contribution in [0.2, 0.25) is 0 Å². The summed E-state index contributed by atoms with van der Waals surface area (Å²) >= 11 is 5.23. The van der Waals surface area contributed by atoms with Gasteiger partial charge in [0.25, 0.3) is 5.91 Å². The van der Waals surface area contributed by atoms with Crippen LogP contribution in [0.5, 0.6) is 5.75 Å². The predicted molar refractivity (Wildman–Crippen MR) is 122 cm³/mol. The molecule has 0 fully saturated rings. The summed E-state index contributed by atoms with van der Waals surface area (Å²) in [6.07, 6.45) is 0. The summed E-state index contributed by atoms with van der Waals surface area (Å²) in [7, 11) is 0. The van der Waals surface area contributed by atoms with E-state index in [-0.39, 0.29) is 10.9 Å². The number of thiocarbonyl (C=S) groups is 1. The molecule has 6 nitrogen and oxygen atoms in total. The van der Waals surface area contributed by atoms with E-state index in [2.05, 4.69) is 10.6 Å². The number of hydrogen-bond donors (Lipinski definition) is 3. The minimum atomic E-state index is -0.440. The van der Waals surface area contributed by atoms with Crippen LogP contribution < -0.4 is 21.1 Å². The summed E-state index contributed by atoms with van der Waals surface area (Å²) in [4.78, 5) is 12.4. The van der Waals surface area contributed by atoms with E-state index in [9.17, 15) is 4.79 Å². The van der Waals surface area contributed by atoms with Crippen LogP contribution in [0.1, 0.15) is 16.1 Å². The Balaban J connectivity index is 1.32. The van der Waals surface area contributed by atoms with Gasteiger partial charge in [-0.3, -0.25) is 10.1 Å². The molecule has 0 aliphatic carbocycles. The molecular formula is C23H19N3O3S. The third-order valence-corrected chi connectivity index (χ3v) is 4.56. The van der Waals surface area contributed by atoms with Crippen LogP contribution in [-0.2, 0) is 6.61 Å². The van der Waals surface area contributed by atoms with E-state index in [1.54, 1.807) is 24.3 Å². The lowest BCUT2D eigenvalue weighted by atomic mass is 10.2. The highest BCUT2D eigenvalue weighted by Crippen LogP contribution is 2.22. The second-order valence-corrected chi connectivity index (χ2v) is 7.02. The average Bonchev–Trinajstić information content (AvgIpc) is 3.17. The van der Waals surface area contributed by atoms with Gasteiger partial charge in [-0.25, -0.2) is 0 Å². The van der Waals surface area contributed by atoms with Gasteiger partial charge < -0.3 is 20.2 Å². The fourth-order valence-electron chi connectivity index (χ4n) is 2.88. The van der Waals surface area contributed by atoms with Gasteiger partial charge in [-0.1, -0.05) is 30.3 Å². The van der Waals surface area contributed by atoms with Crippen LogP contribution in [0.25, 0.3) is 11.0 Å². The molecule has 1 heterocycles. The van der Waals surface area contributed by atoms with Crippen molar-refractivity contribution in [2.24, 2.45) is 0 Å². The van der Waals surface area contributed by atoms with Gasteiger partial charge in [-0.05, 0) is 66.3 Å². The Morgan fingerprint density at radius 2 is 1.77 bits per heavy atom. The molecule has 30 heavy (non-hydrogen) atoms. The van der Waals surface area contributed by atoms with E-state index in [0.29, 0.717) is 17.9 Å². The number of benzene rings is 3. The van der Waals surface area contributed by atoms with E-state index in [4.69, 9.17) is 27.1 Å². The zero-order valence-electron chi connectivity index (χ0n) is 15.9. The molecule has 3 aromatic carbocycles. The fraction of sp³-hybridized carbons (Fsp3) is 0.0435. The van der Waals surface area contributed by atoms with Gasteiger partial charge in [0.2, 0.25) is 0 Å². The van der Waals surface area contributed by atoms with Crippen molar-refractivity contribution in [3.63, 3.8) is 0 Å². The van der Waals surface area contributed by atoms with E-state index in [0.717, 1.165) is 22.4 Å². The number of nitrogens with two attached hydrogens (primary N) is 1. The summed E-state index contributed by atoms with van der Waals surface area (Å²) in [5, 5.41) is 6.49. The highest BCUT2D eigenvalue weighted by Gasteiger charge is 2.14. The van der Waals surface area contributed by atoms with Crippen molar-refractivity contribution in [1.82, 2.24) is 5.32 Å². The molecule has 0 saturated carbocycles. The van der Waals surface area contributed by atoms with Gasteiger partial charge in [0.1, 0.15) is 17.9 Å². The van der Waals surface area contributed by atoms with Gasteiger partial charge >= 0.3 is 0 Å². The van der Waals surface area contributed by atoms with Crippen LogP contribution in [0.4, 0.5) is 11.4 Å². The lowest BCUT2D eigenvalue weighted by Gasteiger charge is -2.10. The number of nitrogens with one attached hydrogen (secondary N) is 2. The second-order valence-electron chi connectivity index (χ2n) is 6.61. The average molecular weight is 417 g/mol. The van der Waals surface area contributed by atoms with Crippen LogP contribution in [0.15, 0.2) is 83.3 Å². The van der Waals surface area contributed by atoms with Crippen molar-refractivity contribution in [3.8, 4) is 5.75 Å². The Bertz CT molecular complexity index is 1190. The molecule has 0 unspecified atom stereocenters. The number of amides is 1. The summed E-state index contributed by atoms with van der Waals surface area (Å²) in [6.45, 7) is 0.491. The highest BCUT2D eigenvalue weighted by molar-refractivity contribution is 7.80. The second kappa shape index (κ2) is 8.67. The number of anilines is 2. The zero-order valence-corrected chi connectivity index (χ0v) is 16.7. The first-order valence-corrected chi connectivity index (χ1v) is 9.66. The number of hydrogen-bond acceptors (Lipinski definition) is 5. The molecule has 150 valence electrons. The number of ether oxygens (including phenoxy) is 1. The van der Waals surface area contributed by atoms with Crippen LogP contribution in [0.3, 0.4) is 0 Å². The summed E-state index contributed by atoms with van der Waals surface area (Å²) in [5.41, 5.74) is 8.76. The number of nitrogen functional groups attached to an aromatic ring is 1. The van der Waals surface area contributed by atoms with E-state index in [1.807, 2.05) is 54.6 Å². The molecule has 0 radical (unpaired) electrons. The Hall–Kier alpha value is -3.84. The topological polar surface area (TPSA) is 89.5 Å². The normalized spacial score (nSPS) is 10.5. The predicted octanol–water partition coefficient (Wildman–Crippen LogP) is 4.72. The standard InChI is InChI=1S/C23H19N3O3S/c24-17-6-11-20-16(12-17)13-21(29-20)22(27)26-23(30)25-18-7-9-19(10-8-18)28-14-15-4-2-1-3-5-15/h1-13H,14,24H2,(H2,25,26,27,30). The van der Waals surface area contributed by atoms with Crippen LogP contribution in [0, 0.1) is 0 Å². The molecule has 4 aromatic rings. The minimum Gasteiger partial charge on any atom is -0.489 e. The van der Waals surface area contributed by atoms with Crippen molar-refractivity contribution in [1.29, 1.82) is 0 Å². The van der Waals surface area contributed by atoms with Crippen LogP contribution in [-0.4, -0.2) is 11.0 Å². The number of fused-ring (bicyclic) bond motifs is 1. The van der Waals surface area contributed by atoms with Crippen molar-refractivity contribution in [2.45, 2.75) is 6.61 Å². The highest BCUT2D eigenvalue weighted by atomic mass is 32.1. The number of carbonyl (C=O) groups is 1.